The lowest BCUT2D eigenvalue weighted by atomic mass is 9.80. The molecule has 2 N–H and O–H groups in total. The highest BCUT2D eigenvalue weighted by Crippen LogP contribution is 2.31. The first-order chi connectivity index (χ1) is 15.0. The standard InChI is InChI=1S/C25H29BO5/c1-4-29-12-13-30-24-14-18(2)25(19(3)15-24)21-7-5-6-20(16-21)17-31-23-10-8-22(9-11-23)26(27)28/h5-11,14-16,27-28H,4,12-13,17H2,1-3H3. The monoisotopic (exact) mass is 420 g/mol. The summed E-state index contributed by atoms with van der Waals surface area (Å²) in [6.45, 7) is 8.40. The van der Waals surface area contributed by atoms with Crippen molar-refractivity contribution < 1.29 is 24.3 Å². The summed E-state index contributed by atoms with van der Waals surface area (Å²) in [6, 6.07) is 19.2. The second-order valence-electron chi connectivity index (χ2n) is 7.41. The van der Waals surface area contributed by atoms with Gasteiger partial charge in [-0.05, 0) is 84.4 Å². The summed E-state index contributed by atoms with van der Waals surface area (Å²) in [4.78, 5) is 0. The van der Waals surface area contributed by atoms with Gasteiger partial charge in [0.1, 0.15) is 24.7 Å². The number of hydrogen-bond donors (Lipinski definition) is 2. The van der Waals surface area contributed by atoms with E-state index >= 15 is 0 Å². The van der Waals surface area contributed by atoms with Crippen LogP contribution in [0, 0.1) is 13.8 Å². The summed E-state index contributed by atoms with van der Waals surface area (Å²) in [5.74, 6) is 1.53. The van der Waals surface area contributed by atoms with E-state index in [1.807, 2.05) is 19.1 Å². The molecule has 0 aliphatic carbocycles. The normalized spacial score (nSPS) is 10.7. The van der Waals surface area contributed by atoms with Gasteiger partial charge in [-0.3, -0.25) is 0 Å². The van der Waals surface area contributed by atoms with Gasteiger partial charge in [-0.15, -0.1) is 0 Å². The first-order valence-electron chi connectivity index (χ1n) is 10.5. The molecule has 3 aromatic carbocycles. The highest BCUT2D eigenvalue weighted by atomic mass is 16.5. The van der Waals surface area contributed by atoms with Crippen LogP contribution in [-0.4, -0.2) is 37.0 Å². The molecule has 0 unspecified atom stereocenters. The number of rotatable bonds is 10. The molecule has 0 atom stereocenters. The molecule has 31 heavy (non-hydrogen) atoms. The Bertz CT molecular complexity index is 962. The van der Waals surface area contributed by atoms with E-state index in [2.05, 4.69) is 38.1 Å². The number of aryl methyl sites for hydroxylation is 2. The van der Waals surface area contributed by atoms with Gasteiger partial charge in [0.2, 0.25) is 0 Å². The lowest BCUT2D eigenvalue weighted by molar-refractivity contribution is 0.110. The summed E-state index contributed by atoms with van der Waals surface area (Å²) < 4.78 is 17.0. The predicted octanol–water partition coefficient (Wildman–Crippen LogP) is 3.64. The number of benzene rings is 3. The van der Waals surface area contributed by atoms with E-state index in [1.165, 1.54) is 5.56 Å². The van der Waals surface area contributed by atoms with Crippen molar-refractivity contribution in [2.75, 3.05) is 19.8 Å². The second-order valence-corrected chi connectivity index (χ2v) is 7.41. The average molecular weight is 420 g/mol. The molecule has 0 spiro atoms. The van der Waals surface area contributed by atoms with Crippen LogP contribution in [-0.2, 0) is 11.3 Å². The van der Waals surface area contributed by atoms with Crippen LogP contribution in [0.3, 0.4) is 0 Å². The molecule has 0 amide bonds. The summed E-state index contributed by atoms with van der Waals surface area (Å²) >= 11 is 0. The van der Waals surface area contributed by atoms with Crippen molar-refractivity contribution >= 4 is 12.6 Å². The number of ether oxygens (including phenoxy) is 3. The van der Waals surface area contributed by atoms with E-state index in [-0.39, 0.29) is 0 Å². The quantitative estimate of drug-likeness (QED) is 0.387. The van der Waals surface area contributed by atoms with Crippen molar-refractivity contribution in [3.05, 3.63) is 77.4 Å². The lowest BCUT2D eigenvalue weighted by Gasteiger charge is -2.15. The first kappa shape index (κ1) is 22.9. The van der Waals surface area contributed by atoms with Gasteiger partial charge in [0.05, 0.1) is 6.61 Å². The Kier molecular flexibility index (Phi) is 8.12. The molecule has 162 valence electrons. The Hall–Kier alpha value is -2.80. The van der Waals surface area contributed by atoms with Crippen LogP contribution < -0.4 is 14.9 Å². The topological polar surface area (TPSA) is 68.2 Å². The molecule has 0 aliphatic rings. The fourth-order valence-corrected chi connectivity index (χ4v) is 3.54. The smallest absolute Gasteiger partial charge is 0.488 e. The molecule has 3 aromatic rings. The zero-order valence-corrected chi connectivity index (χ0v) is 18.3. The third-order valence-electron chi connectivity index (χ3n) is 5.01. The fourth-order valence-electron chi connectivity index (χ4n) is 3.54. The van der Waals surface area contributed by atoms with Crippen molar-refractivity contribution in [3.63, 3.8) is 0 Å². The molecule has 0 heterocycles. The minimum atomic E-state index is -1.47. The third kappa shape index (κ3) is 6.34. The molecule has 0 bridgehead atoms. The maximum absolute atomic E-state index is 9.19. The molecule has 0 aromatic heterocycles. The van der Waals surface area contributed by atoms with E-state index in [9.17, 15) is 10.0 Å². The van der Waals surface area contributed by atoms with Gasteiger partial charge >= 0.3 is 7.12 Å². The van der Waals surface area contributed by atoms with Crippen LogP contribution in [0.5, 0.6) is 11.5 Å². The Labute approximate surface area is 184 Å². The third-order valence-corrected chi connectivity index (χ3v) is 5.01. The van der Waals surface area contributed by atoms with Crippen molar-refractivity contribution in [3.8, 4) is 22.6 Å². The van der Waals surface area contributed by atoms with Gasteiger partial charge in [-0.1, -0.05) is 30.3 Å². The van der Waals surface area contributed by atoms with Gasteiger partial charge in [-0.25, -0.2) is 0 Å². The average Bonchev–Trinajstić information content (AvgIpc) is 2.75. The van der Waals surface area contributed by atoms with Crippen LogP contribution in [0.25, 0.3) is 11.1 Å². The molecule has 0 saturated heterocycles. The molecule has 0 aliphatic heterocycles. The molecular formula is C25H29BO5. The van der Waals surface area contributed by atoms with Gasteiger partial charge in [-0.2, -0.15) is 0 Å². The summed E-state index contributed by atoms with van der Waals surface area (Å²) in [5.41, 5.74) is 6.13. The second kappa shape index (κ2) is 11.0. The molecule has 5 nitrogen and oxygen atoms in total. The Balaban J connectivity index is 1.70. The lowest BCUT2D eigenvalue weighted by Crippen LogP contribution is -2.29. The minimum absolute atomic E-state index is 0.422. The molecule has 0 radical (unpaired) electrons. The van der Waals surface area contributed by atoms with Gasteiger partial charge in [0, 0.05) is 6.61 Å². The molecule has 0 fully saturated rings. The van der Waals surface area contributed by atoms with Crippen molar-refractivity contribution in [2.24, 2.45) is 0 Å². The Morgan fingerprint density at radius 3 is 2.16 bits per heavy atom. The number of hydrogen-bond acceptors (Lipinski definition) is 5. The highest BCUT2D eigenvalue weighted by molar-refractivity contribution is 6.58. The van der Waals surface area contributed by atoms with E-state index in [4.69, 9.17) is 14.2 Å². The van der Waals surface area contributed by atoms with Gasteiger partial charge < -0.3 is 24.3 Å². The van der Waals surface area contributed by atoms with Crippen molar-refractivity contribution in [1.82, 2.24) is 0 Å². The van der Waals surface area contributed by atoms with Crippen molar-refractivity contribution in [1.29, 1.82) is 0 Å². The zero-order valence-electron chi connectivity index (χ0n) is 18.3. The van der Waals surface area contributed by atoms with Crippen LogP contribution >= 0.6 is 0 Å². The van der Waals surface area contributed by atoms with Gasteiger partial charge in [0.15, 0.2) is 0 Å². The van der Waals surface area contributed by atoms with E-state index < -0.39 is 7.12 Å². The van der Waals surface area contributed by atoms with E-state index in [0.29, 0.717) is 37.6 Å². The Morgan fingerprint density at radius 2 is 1.52 bits per heavy atom. The fraction of sp³-hybridized carbons (Fsp3) is 0.280. The van der Waals surface area contributed by atoms with Crippen LogP contribution in [0.4, 0.5) is 0 Å². The largest absolute Gasteiger partial charge is 0.491 e. The zero-order chi connectivity index (χ0) is 22.2. The molecule has 0 saturated carbocycles. The van der Waals surface area contributed by atoms with E-state index in [1.54, 1.807) is 24.3 Å². The molecule has 3 rings (SSSR count). The first-order valence-corrected chi connectivity index (χ1v) is 10.5. The SMILES string of the molecule is CCOCCOc1cc(C)c(-c2cccc(COc3ccc(B(O)O)cc3)c2)c(C)c1. The maximum atomic E-state index is 9.19. The Morgan fingerprint density at radius 1 is 0.806 bits per heavy atom. The van der Waals surface area contributed by atoms with E-state index in [0.717, 1.165) is 28.0 Å². The predicted molar refractivity (Wildman–Crippen MR) is 124 cm³/mol. The molecular weight excluding hydrogens is 391 g/mol. The molecule has 6 heteroatoms. The van der Waals surface area contributed by atoms with Crippen LogP contribution in [0.1, 0.15) is 23.6 Å². The van der Waals surface area contributed by atoms with Gasteiger partial charge in [0.25, 0.3) is 0 Å². The summed E-state index contributed by atoms with van der Waals surface area (Å²) in [7, 11) is -1.47. The van der Waals surface area contributed by atoms with Crippen molar-refractivity contribution in [2.45, 2.75) is 27.4 Å². The van der Waals surface area contributed by atoms with Crippen LogP contribution in [0.2, 0.25) is 0 Å². The maximum Gasteiger partial charge on any atom is 0.488 e. The van der Waals surface area contributed by atoms with Crippen LogP contribution in [0.15, 0.2) is 60.7 Å². The minimum Gasteiger partial charge on any atom is -0.491 e. The summed E-state index contributed by atoms with van der Waals surface area (Å²) in [5, 5.41) is 18.4. The highest BCUT2D eigenvalue weighted by Gasteiger charge is 2.11. The summed E-state index contributed by atoms with van der Waals surface area (Å²) in [6.07, 6.45) is 0.